The Morgan fingerprint density at radius 3 is 3.00 bits per heavy atom. The van der Waals surface area contributed by atoms with Crippen molar-refractivity contribution in [2.45, 2.75) is 0 Å². The van der Waals surface area contributed by atoms with Gasteiger partial charge in [-0.2, -0.15) is 0 Å². The molecule has 58 valence electrons. The molecule has 0 aliphatic carbocycles. The van der Waals surface area contributed by atoms with Gasteiger partial charge in [0.25, 0.3) is 0 Å². The van der Waals surface area contributed by atoms with Gasteiger partial charge < -0.3 is 9.84 Å². The van der Waals surface area contributed by atoms with Crippen LogP contribution >= 0.6 is 0 Å². The van der Waals surface area contributed by atoms with Crippen LogP contribution in [-0.4, -0.2) is 11.9 Å². The van der Waals surface area contributed by atoms with Crippen molar-refractivity contribution in [3.63, 3.8) is 0 Å². The molecule has 1 rings (SSSR count). The Hall–Kier alpha value is -1.28. The standard InChI is InChI=1S/C9H10O2/c1-2-8-4-3-5-9(6-8)11-7-10/h2-6,10H,1,7H2. The lowest BCUT2D eigenvalue weighted by atomic mass is 10.2. The quantitative estimate of drug-likeness (QED) is 0.664. The van der Waals surface area contributed by atoms with Gasteiger partial charge in [-0.3, -0.25) is 0 Å². The molecule has 0 saturated heterocycles. The summed E-state index contributed by atoms with van der Waals surface area (Å²) in [5.74, 6) is 0.657. The molecule has 0 spiro atoms. The molecule has 11 heavy (non-hydrogen) atoms. The second-order valence-electron chi connectivity index (χ2n) is 2.05. The number of aliphatic hydroxyl groups is 1. The molecule has 0 radical (unpaired) electrons. The Labute approximate surface area is 65.7 Å². The summed E-state index contributed by atoms with van der Waals surface area (Å²) in [6.45, 7) is 3.32. The molecule has 0 aliphatic heterocycles. The lowest BCUT2D eigenvalue weighted by molar-refractivity contribution is 0.0985. The second-order valence-corrected chi connectivity index (χ2v) is 2.05. The fraction of sp³-hybridized carbons (Fsp3) is 0.111. The lowest BCUT2D eigenvalue weighted by Crippen LogP contribution is -1.93. The zero-order chi connectivity index (χ0) is 8.10. The third-order valence-electron chi connectivity index (χ3n) is 1.33. The Bertz CT molecular complexity index is 243. The van der Waals surface area contributed by atoms with E-state index < -0.39 is 0 Å². The Balaban J connectivity index is 2.82. The van der Waals surface area contributed by atoms with Gasteiger partial charge in [0.2, 0.25) is 0 Å². The zero-order valence-corrected chi connectivity index (χ0v) is 6.16. The summed E-state index contributed by atoms with van der Waals surface area (Å²) in [4.78, 5) is 0. The fourth-order valence-electron chi connectivity index (χ4n) is 0.806. The highest BCUT2D eigenvalue weighted by molar-refractivity contribution is 5.49. The zero-order valence-electron chi connectivity index (χ0n) is 6.16. The molecular weight excluding hydrogens is 140 g/mol. The van der Waals surface area contributed by atoms with Crippen molar-refractivity contribution in [3.05, 3.63) is 36.4 Å². The maximum absolute atomic E-state index is 8.44. The van der Waals surface area contributed by atoms with Gasteiger partial charge in [0.1, 0.15) is 5.75 Å². The first-order chi connectivity index (χ1) is 5.36. The van der Waals surface area contributed by atoms with E-state index in [0.717, 1.165) is 5.56 Å². The molecule has 2 nitrogen and oxygen atoms in total. The molecule has 2 heteroatoms. The van der Waals surface area contributed by atoms with Gasteiger partial charge in [0.15, 0.2) is 6.79 Å². The van der Waals surface area contributed by atoms with Crippen molar-refractivity contribution in [1.29, 1.82) is 0 Å². The minimum atomic E-state index is -0.291. The molecule has 0 unspecified atom stereocenters. The molecule has 0 saturated carbocycles. The number of rotatable bonds is 3. The Morgan fingerprint density at radius 2 is 2.36 bits per heavy atom. The van der Waals surface area contributed by atoms with E-state index in [1.807, 2.05) is 18.2 Å². The summed E-state index contributed by atoms with van der Waals surface area (Å²) >= 11 is 0. The van der Waals surface area contributed by atoms with Crippen LogP contribution in [0.15, 0.2) is 30.8 Å². The van der Waals surface area contributed by atoms with Crippen LogP contribution in [0.25, 0.3) is 6.08 Å². The Morgan fingerprint density at radius 1 is 1.55 bits per heavy atom. The number of ether oxygens (including phenoxy) is 1. The third kappa shape index (κ3) is 2.09. The maximum atomic E-state index is 8.44. The smallest absolute Gasteiger partial charge is 0.186 e. The summed E-state index contributed by atoms with van der Waals surface area (Å²) < 4.78 is 4.86. The monoisotopic (exact) mass is 150 g/mol. The van der Waals surface area contributed by atoms with Crippen LogP contribution < -0.4 is 4.74 Å². The Kier molecular flexibility index (Phi) is 2.69. The van der Waals surface area contributed by atoms with E-state index in [9.17, 15) is 0 Å². The van der Waals surface area contributed by atoms with Crippen LogP contribution in [0.1, 0.15) is 5.56 Å². The lowest BCUT2D eigenvalue weighted by Gasteiger charge is -2.01. The molecular formula is C9H10O2. The van der Waals surface area contributed by atoms with Crippen molar-refractivity contribution in [2.75, 3.05) is 6.79 Å². The highest BCUT2D eigenvalue weighted by Crippen LogP contribution is 2.13. The minimum absolute atomic E-state index is 0.291. The summed E-state index contributed by atoms with van der Waals surface area (Å²) in [5, 5.41) is 8.44. The second kappa shape index (κ2) is 3.78. The van der Waals surface area contributed by atoms with Gasteiger partial charge in [-0.25, -0.2) is 0 Å². The van der Waals surface area contributed by atoms with Gasteiger partial charge in [0.05, 0.1) is 0 Å². The average Bonchev–Trinajstić information content (AvgIpc) is 2.06. The molecule has 0 atom stereocenters. The van der Waals surface area contributed by atoms with Gasteiger partial charge in [-0.15, -0.1) is 0 Å². The fourth-order valence-corrected chi connectivity index (χ4v) is 0.806. The predicted molar refractivity (Wildman–Crippen MR) is 44.2 cm³/mol. The number of hydrogen-bond donors (Lipinski definition) is 1. The van der Waals surface area contributed by atoms with E-state index >= 15 is 0 Å². The first kappa shape index (κ1) is 7.82. The largest absolute Gasteiger partial charge is 0.468 e. The molecule has 1 aromatic rings. The van der Waals surface area contributed by atoms with E-state index in [-0.39, 0.29) is 6.79 Å². The first-order valence-corrected chi connectivity index (χ1v) is 3.33. The number of hydrogen-bond acceptors (Lipinski definition) is 2. The van der Waals surface area contributed by atoms with Crippen molar-refractivity contribution < 1.29 is 9.84 Å². The number of aliphatic hydroxyl groups excluding tert-OH is 1. The number of benzene rings is 1. The van der Waals surface area contributed by atoms with Gasteiger partial charge in [-0.1, -0.05) is 24.8 Å². The molecule has 0 bridgehead atoms. The predicted octanol–water partition coefficient (Wildman–Crippen LogP) is 1.66. The minimum Gasteiger partial charge on any atom is -0.468 e. The van der Waals surface area contributed by atoms with E-state index in [2.05, 4.69) is 6.58 Å². The van der Waals surface area contributed by atoms with Crippen molar-refractivity contribution in [2.24, 2.45) is 0 Å². The van der Waals surface area contributed by atoms with Gasteiger partial charge in [0, 0.05) is 0 Å². The van der Waals surface area contributed by atoms with E-state index in [1.54, 1.807) is 12.1 Å². The molecule has 1 aromatic carbocycles. The van der Waals surface area contributed by atoms with Crippen LogP contribution in [0.4, 0.5) is 0 Å². The summed E-state index contributed by atoms with van der Waals surface area (Å²) in [6, 6.07) is 7.35. The topological polar surface area (TPSA) is 29.5 Å². The molecule has 0 aliphatic rings. The summed E-state index contributed by atoms with van der Waals surface area (Å²) in [5.41, 5.74) is 0.982. The third-order valence-corrected chi connectivity index (χ3v) is 1.33. The van der Waals surface area contributed by atoms with E-state index in [4.69, 9.17) is 9.84 Å². The van der Waals surface area contributed by atoms with Crippen LogP contribution in [0, 0.1) is 0 Å². The highest BCUT2D eigenvalue weighted by atomic mass is 16.6. The SMILES string of the molecule is C=Cc1cccc(OCO)c1. The van der Waals surface area contributed by atoms with Crippen molar-refractivity contribution in [1.82, 2.24) is 0 Å². The molecule has 1 N–H and O–H groups in total. The molecule has 0 amide bonds. The van der Waals surface area contributed by atoms with Crippen LogP contribution in [-0.2, 0) is 0 Å². The van der Waals surface area contributed by atoms with E-state index in [1.165, 1.54) is 0 Å². The van der Waals surface area contributed by atoms with Crippen molar-refractivity contribution >= 4 is 6.08 Å². The van der Waals surface area contributed by atoms with Gasteiger partial charge in [-0.05, 0) is 17.7 Å². The molecule has 0 fully saturated rings. The molecule has 0 aromatic heterocycles. The van der Waals surface area contributed by atoms with Crippen molar-refractivity contribution in [3.8, 4) is 5.75 Å². The summed E-state index contributed by atoms with van der Waals surface area (Å²) in [6.07, 6.45) is 1.73. The maximum Gasteiger partial charge on any atom is 0.186 e. The highest BCUT2D eigenvalue weighted by Gasteiger charge is 1.91. The van der Waals surface area contributed by atoms with Crippen LogP contribution in [0.2, 0.25) is 0 Å². The average molecular weight is 150 g/mol. The van der Waals surface area contributed by atoms with E-state index in [0.29, 0.717) is 5.75 Å². The van der Waals surface area contributed by atoms with Crippen LogP contribution in [0.3, 0.4) is 0 Å². The van der Waals surface area contributed by atoms with Gasteiger partial charge >= 0.3 is 0 Å². The summed E-state index contributed by atoms with van der Waals surface area (Å²) in [7, 11) is 0. The molecule has 0 heterocycles. The first-order valence-electron chi connectivity index (χ1n) is 3.33. The van der Waals surface area contributed by atoms with Crippen LogP contribution in [0.5, 0.6) is 5.75 Å². The normalized spacial score (nSPS) is 9.18.